The first kappa shape index (κ1) is 17.0. The Labute approximate surface area is 131 Å². The lowest BCUT2D eigenvalue weighted by Crippen LogP contribution is -2.12. The molecule has 0 saturated heterocycles. The van der Waals surface area contributed by atoms with E-state index in [0.29, 0.717) is 27.9 Å². The van der Waals surface area contributed by atoms with E-state index in [1.807, 2.05) is 22.6 Å². The maximum absolute atomic E-state index is 12.0. The van der Waals surface area contributed by atoms with Crippen LogP contribution in [0.2, 0.25) is 0 Å². The Morgan fingerprint density at radius 3 is 2.30 bits per heavy atom. The van der Waals surface area contributed by atoms with Crippen molar-refractivity contribution in [2.75, 3.05) is 26.9 Å². The van der Waals surface area contributed by atoms with Crippen LogP contribution in [-0.4, -0.2) is 43.9 Å². The van der Waals surface area contributed by atoms with Gasteiger partial charge in [-0.25, -0.2) is 9.59 Å². The highest BCUT2D eigenvalue weighted by molar-refractivity contribution is 14.1. The zero-order valence-electron chi connectivity index (χ0n) is 11.7. The molecular weight excluding hydrogens is 377 g/mol. The predicted molar refractivity (Wildman–Crippen MR) is 81.0 cm³/mol. The molecule has 20 heavy (non-hydrogen) atoms. The number of H-pyrrole nitrogens is 1. The van der Waals surface area contributed by atoms with Gasteiger partial charge in [0.15, 0.2) is 0 Å². The number of rotatable bonds is 7. The van der Waals surface area contributed by atoms with E-state index in [1.165, 1.54) is 0 Å². The minimum atomic E-state index is -0.480. The quantitative estimate of drug-likeness (QED) is 0.566. The Morgan fingerprint density at radius 2 is 1.75 bits per heavy atom. The standard InChI is InChI=1S/C13H18INO5/c1-4-19-12(16)9-8(6-7-18-3)10(15-11(9)14)13(17)20-5-2/h15H,4-7H2,1-3H3. The lowest BCUT2D eigenvalue weighted by molar-refractivity contribution is 0.0517. The van der Waals surface area contributed by atoms with Gasteiger partial charge in [0.25, 0.3) is 0 Å². The zero-order chi connectivity index (χ0) is 15.1. The average molecular weight is 395 g/mol. The molecule has 0 amide bonds. The fraction of sp³-hybridized carbons (Fsp3) is 0.538. The molecular formula is C13H18INO5. The minimum absolute atomic E-state index is 0.271. The number of aromatic amines is 1. The van der Waals surface area contributed by atoms with Crippen molar-refractivity contribution in [3.63, 3.8) is 0 Å². The Bertz CT molecular complexity index is 483. The van der Waals surface area contributed by atoms with Gasteiger partial charge in [-0.2, -0.15) is 0 Å². The van der Waals surface area contributed by atoms with Crippen LogP contribution < -0.4 is 0 Å². The predicted octanol–water partition coefficient (Wildman–Crippen LogP) is 2.16. The Balaban J connectivity index is 3.20. The molecule has 1 aromatic rings. The van der Waals surface area contributed by atoms with Gasteiger partial charge in [0, 0.05) is 12.7 Å². The van der Waals surface area contributed by atoms with Crippen molar-refractivity contribution in [1.82, 2.24) is 4.98 Å². The summed E-state index contributed by atoms with van der Waals surface area (Å²) in [6.45, 7) is 4.41. The van der Waals surface area contributed by atoms with Gasteiger partial charge in [-0.3, -0.25) is 0 Å². The number of aromatic nitrogens is 1. The van der Waals surface area contributed by atoms with E-state index in [4.69, 9.17) is 14.2 Å². The van der Waals surface area contributed by atoms with Crippen LogP contribution >= 0.6 is 22.6 Å². The lowest BCUT2D eigenvalue weighted by atomic mass is 10.1. The van der Waals surface area contributed by atoms with Crippen LogP contribution in [-0.2, 0) is 20.6 Å². The van der Waals surface area contributed by atoms with Gasteiger partial charge in [-0.1, -0.05) is 0 Å². The number of nitrogens with one attached hydrogen (secondary N) is 1. The van der Waals surface area contributed by atoms with E-state index in [-0.39, 0.29) is 18.9 Å². The van der Waals surface area contributed by atoms with Crippen molar-refractivity contribution >= 4 is 34.5 Å². The largest absolute Gasteiger partial charge is 0.462 e. The molecule has 0 saturated carbocycles. The Morgan fingerprint density at radius 1 is 1.15 bits per heavy atom. The summed E-state index contributed by atoms with van der Waals surface area (Å²) in [6, 6.07) is 0. The normalized spacial score (nSPS) is 10.4. The molecule has 0 aromatic carbocycles. The van der Waals surface area contributed by atoms with Crippen LogP contribution in [0.3, 0.4) is 0 Å². The molecule has 0 spiro atoms. The lowest BCUT2D eigenvalue weighted by Gasteiger charge is -2.06. The van der Waals surface area contributed by atoms with Crippen LogP contribution in [0.4, 0.5) is 0 Å². The van der Waals surface area contributed by atoms with Crippen molar-refractivity contribution in [2.24, 2.45) is 0 Å². The first-order valence-corrected chi connectivity index (χ1v) is 7.38. The van der Waals surface area contributed by atoms with Gasteiger partial charge >= 0.3 is 11.9 Å². The fourth-order valence-corrected chi connectivity index (χ4v) is 2.57. The number of hydrogen-bond acceptors (Lipinski definition) is 5. The molecule has 0 atom stereocenters. The highest BCUT2D eigenvalue weighted by Gasteiger charge is 2.26. The zero-order valence-corrected chi connectivity index (χ0v) is 13.9. The van der Waals surface area contributed by atoms with Crippen LogP contribution in [0.15, 0.2) is 0 Å². The third-order valence-electron chi connectivity index (χ3n) is 2.57. The second kappa shape index (κ2) is 8.25. The summed E-state index contributed by atoms with van der Waals surface area (Å²) in [5.41, 5.74) is 1.25. The maximum Gasteiger partial charge on any atom is 0.355 e. The second-order valence-electron chi connectivity index (χ2n) is 3.85. The molecule has 7 heteroatoms. The first-order valence-electron chi connectivity index (χ1n) is 6.30. The third kappa shape index (κ3) is 3.95. The van der Waals surface area contributed by atoms with E-state index in [9.17, 15) is 9.59 Å². The first-order chi connectivity index (χ1) is 9.56. The van der Waals surface area contributed by atoms with E-state index in [1.54, 1.807) is 21.0 Å². The molecule has 0 fully saturated rings. The molecule has 0 bridgehead atoms. The summed E-state index contributed by atoms with van der Waals surface area (Å²) in [6.07, 6.45) is 0.429. The van der Waals surface area contributed by atoms with E-state index in [2.05, 4.69) is 4.98 Å². The minimum Gasteiger partial charge on any atom is -0.462 e. The number of ether oxygens (including phenoxy) is 3. The van der Waals surface area contributed by atoms with Crippen LogP contribution in [0, 0.1) is 3.70 Å². The van der Waals surface area contributed by atoms with Gasteiger partial charge in [-0.15, -0.1) is 0 Å². The van der Waals surface area contributed by atoms with Crippen LogP contribution in [0.5, 0.6) is 0 Å². The van der Waals surface area contributed by atoms with Crippen LogP contribution in [0.25, 0.3) is 0 Å². The van der Waals surface area contributed by atoms with Crippen molar-refractivity contribution < 1.29 is 23.8 Å². The fourth-order valence-electron chi connectivity index (χ4n) is 1.75. The number of esters is 2. The monoisotopic (exact) mass is 395 g/mol. The molecule has 0 radical (unpaired) electrons. The molecule has 112 valence electrons. The Kier molecular flexibility index (Phi) is 7.00. The topological polar surface area (TPSA) is 77.6 Å². The summed E-state index contributed by atoms with van der Waals surface area (Å²) in [4.78, 5) is 26.8. The van der Waals surface area contributed by atoms with E-state index >= 15 is 0 Å². The molecule has 6 nitrogen and oxygen atoms in total. The Hall–Kier alpha value is -1.09. The molecule has 1 heterocycles. The average Bonchev–Trinajstić information content (AvgIpc) is 2.73. The molecule has 1 N–H and O–H groups in total. The number of carbonyl (C=O) groups excluding carboxylic acids is 2. The van der Waals surface area contributed by atoms with Crippen molar-refractivity contribution in [3.8, 4) is 0 Å². The molecule has 1 aromatic heterocycles. The highest BCUT2D eigenvalue weighted by atomic mass is 127. The maximum atomic E-state index is 12.0. The molecule has 0 unspecified atom stereocenters. The summed E-state index contributed by atoms with van der Waals surface area (Å²) in [7, 11) is 1.56. The van der Waals surface area contributed by atoms with E-state index < -0.39 is 11.9 Å². The molecule has 0 aliphatic carbocycles. The number of methoxy groups -OCH3 is 1. The molecule has 0 aliphatic rings. The summed E-state index contributed by atoms with van der Waals surface area (Å²) in [5, 5.41) is 0. The third-order valence-corrected chi connectivity index (χ3v) is 3.38. The van der Waals surface area contributed by atoms with Crippen molar-refractivity contribution in [1.29, 1.82) is 0 Å². The SMILES string of the molecule is CCOC(=O)c1[nH]c(I)c(C(=O)OCC)c1CCOC. The van der Waals surface area contributed by atoms with E-state index in [0.717, 1.165) is 0 Å². The molecule has 0 aliphatic heterocycles. The number of hydrogen-bond donors (Lipinski definition) is 1. The van der Waals surface area contributed by atoms with Gasteiger partial charge in [0.1, 0.15) is 5.69 Å². The van der Waals surface area contributed by atoms with Gasteiger partial charge in [0.2, 0.25) is 0 Å². The van der Waals surface area contributed by atoms with Crippen molar-refractivity contribution in [2.45, 2.75) is 20.3 Å². The van der Waals surface area contributed by atoms with Crippen molar-refractivity contribution in [3.05, 3.63) is 20.5 Å². The van der Waals surface area contributed by atoms with Gasteiger partial charge in [-0.05, 0) is 42.9 Å². The number of carbonyl (C=O) groups is 2. The summed E-state index contributed by atoms with van der Waals surface area (Å²) in [5.74, 6) is -0.929. The smallest absolute Gasteiger partial charge is 0.355 e. The second-order valence-corrected chi connectivity index (χ2v) is 4.93. The number of halogens is 1. The van der Waals surface area contributed by atoms with Gasteiger partial charge in [0.05, 0.1) is 29.1 Å². The molecule has 1 rings (SSSR count). The summed E-state index contributed by atoms with van der Waals surface area (Å²) < 4.78 is 15.6. The summed E-state index contributed by atoms with van der Waals surface area (Å²) >= 11 is 1.97. The van der Waals surface area contributed by atoms with Gasteiger partial charge < -0.3 is 19.2 Å². The van der Waals surface area contributed by atoms with Crippen LogP contribution in [0.1, 0.15) is 40.3 Å². The highest BCUT2D eigenvalue weighted by Crippen LogP contribution is 2.23.